The Hall–Kier alpha value is -1.84. The number of rotatable bonds is 8. The summed E-state index contributed by atoms with van der Waals surface area (Å²) < 4.78 is 5.12. The maximum absolute atomic E-state index is 11.5. The van der Waals surface area contributed by atoms with Crippen molar-refractivity contribution in [3.8, 4) is 5.75 Å². The molecule has 0 fully saturated rings. The molecule has 1 N–H and O–H groups in total. The number of unbranched alkanes of at least 4 members (excludes halogenated alkanes) is 1. The number of carboxylic acid groups (broad SMARTS) is 1. The number of hydrogen-bond donors (Lipinski definition) is 1. The molecule has 1 atom stereocenters. The van der Waals surface area contributed by atoms with Crippen LogP contribution in [-0.2, 0) is 9.59 Å². The Bertz CT molecular complexity index is 479. The van der Waals surface area contributed by atoms with Crippen LogP contribution >= 0.6 is 0 Å². The van der Waals surface area contributed by atoms with Crippen molar-refractivity contribution in [3.05, 3.63) is 29.8 Å². The summed E-state index contributed by atoms with van der Waals surface area (Å²) >= 11 is 0. The van der Waals surface area contributed by atoms with Gasteiger partial charge in [0.25, 0.3) is 0 Å². The summed E-state index contributed by atoms with van der Waals surface area (Å²) in [5.74, 6) is -0.971. The van der Waals surface area contributed by atoms with E-state index in [0.29, 0.717) is 23.7 Å². The number of carbonyl (C=O) groups excluding carboxylic acids is 1. The van der Waals surface area contributed by atoms with Crippen LogP contribution in [0, 0.1) is 5.92 Å². The molecule has 4 nitrogen and oxygen atoms in total. The van der Waals surface area contributed by atoms with Crippen LogP contribution < -0.4 is 4.74 Å². The van der Waals surface area contributed by atoms with E-state index in [1.54, 1.807) is 24.3 Å². The van der Waals surface area contributed by atoms with Crippen molar-refractivity contribution in [1.82, 2.24) is 0 Å². The van der Waals surface area contributed by atoms with E-state index in [1.807, 2.05) is 0 Å². The van der Waals surface area contributed by atoms with Gasteiger partial charge in [-0.1, -0.05) is 51.3 Å². The van der Waals surface area contributed by atoms with Gasteiger partial charge in [-0.05, 0) is 18.4 Å². The molecule has 0 heterocycles. The zero-order valence-corrected chi connectivity index (χ0v) is 13.0. The number of hydrogen-bond acceptors (Lipinski definition) is 3. The predicted octanol–water partition coefficient (Wildman–Crippen LogP) is 4.00. The number of para-hydroxylation sites is 1. The summed E-state index contributed by atoms with van der Waals surface area (Å²) in [5, 5.41) is 9.45. The van der Waals surface area contributed by atoms with Crippen LogP contribution in [-0.4, -0.2) is 17.0 Å². The van der Waals surface area contributed by atoms with Gasteiger partial charge >= 0.3 is 11.9 Å². The van der Waals surface area contributed by atoms with Crippen LogP contribution in [0.1, 0.15) is 57.9 Å². The molecular weight excluding hydrogens is 268 g/mol. The molecule has 1 aromatic carbocycles. The quantitative estimate of drug-likeness (QED) is 0.447. The van der Waals surface area contributed by atoms with Crippen molar-refractivity contribution < 1.29 is 19.4 Å². The summed E-state index contributed by atoms with van der Waals surface area (Å²) in [6.07, 6.45) is 3.51. The monoisotopic (exact) mass is 292 g/mol. The lowest BCUT2D eigenvalue weighted by Crippen LogP contribution is -2.14. The molecule has 0 aliphatic carbocycles. The third kappa shape index (κ3) is 5.98. The fourth-order valence-corrected chi connectivity index (χ4v) is 2.33. The van der Waals surface area contributed by atoms with Crippen molar-refractivity contribution in [1.29, 1.82) is 0 Å². The summed E-state index contributed by atoms with van der Waals surface area (Å²) in [7, 11) is 0. The van der Waals surface area contributed by atoms with E-state index in [1.165, 1.54) is 6.92 Å². The van der Waals surface area contributed by atoms with Crippen molar-refractivity contribution in [3.63, 3.8) is 0 Å². The third-order valence-corrected chi connectivity index (χ3v) is 3.37. The minimum absolute atomic E-state index is 0.348. The molecule has 0 spiro atoms. The lowest BCUT2D eigenvalue weighted by atomic mass is 9.91. The van der Waals surface area contributed by atoms with E-state index >= 15 is 0 Å². The van der Waals surface area contributed by atoms with Gasteiger partial charge in [0.2, 0.25) is 0 Å². The van der Waals surface area contributed by atoms with E-state index in [9.17, 15) is 14.7 Å². The average Bonchev–Trinajstić information content (AvgIpc) is 2.38. The van der Waals surface area contributed by atoms with Crippen molar-refractivity contribution in [2.45, 2.75) is 52.4 Å². The van der Waals surface area contributed by atoms with Crippen molar-refractivity contribution >= 4 is 11.9 Å². The number of ether oxygens (including phenoxy) is 1. The van der Waals surface area contributed by atoms with Gasteiger partial charge in [-0.3, -0.25) is 9.59 Å². The van der Waals surface area contributed by atoms with Gasteiger partial charge in [0.1, 0.15) is 5.75 Å². The molecule has 116 valence electrons. The first-order valence-electron chi connectivity index (χ1n) is 7.42. The lowest BCUT2D eigenvalue weighted by Gasteiger charge is -2.16. The highest BCUT2D eigenvalue weighted by Gasteiger charge is 2.23. The molecule has 0 aliphatic heterocycles. The van der Waals surface area contributed by atoms with Crippen LogP contribution in [0.4, 0.5) is 0 Å². The second kappa shape index (κ2) is 8.45. The number of aliphatic carboxylic acids is 1. The molecule has 0 saturated carbocycles. The molecule has 0 aromatic heterocycles. The number of carboxylic acids is 1. The number of esters is 1. The van der Waals surface area contributed by atoms with E-state index in [0.717, 1.165) is 19.3 Å². The zero-order valence-electron chi connectivity index (χ0n) is 13.0. The first kappa shape index (κ1) is 17.2. The Morgan fingerprint density at radius 3 is 2.33 bits per heavy atom. The smallest absolute Gasteiger partial charge is 0.311 e. The predicted molar refractivity (Wildman–Crippen MR) is 81.4 cm³/mol. The Morgan fingerprint density at radius 2 is 1.76 bits per heavy atom. The van der Waals surface area contributed by atoms with Crippen molar-refractivity contribution in [2.24, 2.45) is 5.92 Å². The fourth-order valence-electron chi connectivity index (χ4n) is 2.33. The molecule has 4 heteroatoms. The maximum Gasteiger partial charge on any atom is 0.311 e. The maximum atomic E-state index is 11.5. The summed E-state index contributed by atoms with van der Waals surface area (Å²) in [6, 6.07) is 6.87. The highest BCUT2D eigenvalue weighted by Crippen LogP contribution is 2.31. The SMILES string of the molecule is CC(=O)Oc1ccccc1C(CCCCC(C)C)C(=O)O. The van der Waals surface area contributed by atoms with E-state index in [4.69, 9.17) is 4.74 Å². The van der Waals surface area contributed by atoms with Gasteiger partial charge in [0.05, 0.1) is 5.92 Å². The van der Waals surface area contributed by atoms with E-state index in [-0.39, 0.29) is 0 Å². The zero-order chi connectivity index (χ0) is 15.8. The highest BCUT2D eigenvalue weighted by atomic mass is 16.5. The number of benzene rings is 1. The Kier molecular flexibility index (Phi) is 6.92. The van der Waals surface area contributed by atoms with Crippen molar-refractivity contribution in [2.75, 3.05) is 0 Å². The minimum Gasteiger partial charge on any atom is -0.481 e. The summed E-state index contributed by atoms with van der Waals surface area (Å²) in [5.41, 5.74) is 0.574. The summed E-state index contributed by atoms with van der Waals surface area (Å²) in [6.45, 7) is 5.63. The molecule has 0 saturated heterocycles. The Morgan fingerprint density at radius 1 is 1.14 bits per heavy atom. The molecule has 1 rings (SSSR count). The first-order valence-corrected chi connectivity index (χ1v) is 7.42. The normalized spacial score (nSPS) is 12.2. The fraction of sp³-hybridized carbons (Fsp3) is 0.529. The van der Waals surface area contributed by atoms with Crippen LogP contribution in [0.5, 0.6) is 5.75 Å². The van der Waals surface area contributed by atoms with Gasteiger partial charge in [-0.25, -0.2) is 0 Å². The molecule has 0 aliphatic rings. The van der Waals surface area contributed by atoms with E-state index < -0.39 is 17.9 Å². The highest BCUT2D eigenvalue weighted by molar-refractivity contribution is 5.78. The standard InChI is InChI=1S/C17H24O4/c1-12(2)8-4-5-10-15(17(19)20)14-9-6-7-11-16(14)21-13(3)18/h6-7,9,11-12,15H,4-5,8,10H2,1-3H3,(H,19,20). The number of carbonyl (C=O) groups is 2. The van der Waals surface area contributed by atoms with Gasteiger partial charge in [0, 0.05) is 12.5 Å². The Labute approximate surface area is 126 Å². The molecule has 1 aromatic rings. The third-order valence-electron chi connectivity index (χ3n) is 3.37. The van der Waals surface area contributed by atoms with E-state index in [2.05, 4.69) is 13.8 Å². The van der Waals surface area contributed by atoms with Gasteiger partial charge in [0.15, 0.2) is 0 Å². The first-order chi connectivity index (χ1) is 9.91. The van der Waals surface area contributed by atoms with Gasteiger partial charge in [-0.15, -0.1) is 0 Å². The molecule has 21 heavy (non-hydrogen) atoms. The van der Waals surface area contributed by atoms with Crippen LogP contribution in [0.15, 0.2) is 24.3 Å². The minimum atomic E-state index is -0.876. The second-order valence-electron chi connectivity index (χ2n) is 5.70. The van der Waals surface area contributed by atoms with Crippen LogP contribution in [0.3, 0.4) is 0 Å². The van der Waals surface area contributed by atoms with Crippen LogP contribution in [0.25, 0.3) is 0 Å². The largest absolute Gasteiger partial charge is 0.481 e. The molecular formula is C17H24O4. The van der Waals surface area contributed by atoms with Crippen LogP contribution in [0.2, 0.25) is 0 Å². The molecule has 0 radical (unpaired) electrons. The Balaban J connectivity index is 2.80. The van der Waals surface area contributed by atoms with Gasteiger partial charge in [-0.2, -0.15) is 0 Å². The lowest BCUT2D eigenvalue weighted by molar-refractivity contribution is -0.139. The molecule has 0 bridgehead atoms. The molecule has 1 unspecified atom stereocenters. The average molecular weight is 292 g/mol. The second-order valence-corrected chi connectivity index (χ2v) is 5.70. The topological polar surface area (TPSA) is 63.6 Å². The van der Waals surface area contributed by atoms with Gasteiger partial charge < -0.3 is 9.84 Å². The summed E-state index contributed by atoms with van der Waals surface area (Å²) in [4.78, 5) is 22.6. The molecule has 0 amide bonds.